The van der Waals surface area contributed by atoms with Crippen LogP contribution in [0.25, 0.3) is 0 Å². The molecule has 26 heavy (non-hydrogen) atoms. The Bertz CT molecular complexity index is 744. The number of rotatable bonds is 7. The molecule has 0 radical (unpaired) electrons. The van der Waals surface area contributed by atoms with E-state index in [1.807, 2.05) is 0 Å². The maximum absolute atomic E-state index is 13.2. The van der Waals surface area contributed by atoms with Gasteiger partial charge in [0.05, 0.1) is 12.8 Å². The molecule has 0 spiro atoms. The second-order valence-electron chi connectivity index (χ2n) is 5.29. The predicted octanol–water partition coefficient (Wildman–Crippen LogP) is 5.06. The van der Waals surface area contributed by atoms with Gasteiger partial charge >= 0.3 is 11.9 Å². The first-order valence-electron chi connectivity index (χ1n) is 7.54. The molecule has 0 heterocycles. The van der Waals surface area contributed by atoms with Gasteiger partial charge in [0, 0.05) is 20.1 Å². The lowest BCUT2D eigenvalue weighted by Gasteiger charge is -2.08. The van der Waals surface area contributed by atoms with E-state index in [0.717, 1.165) is 0 Å². The van der Waals surface area contributed by atoms with Crippen LogP contribution >= 0.6 is 31.9 Å². The molecule has 0 N–H and O–H groups in total. The zero-order chi connectivity index (χ0) is 19.1. The number of benzene rings is 2. The third-order valence-electron chi connectivity index (χ3n) is 3.33. The van der Waals surface area contributed by atoms with Crippen molar-refractivity contribution in [2.75, 3.05) is 0 Å². The minimum absolute atomic E-state index is 0.109. The summed E-state index contributed by atoms with van der Waals surface area (Å²) in [6.45, 7) is -0.217. The monoisotopic (exact) mass is 490 g/mol. The molecule has 0 aliphatic carbocycles. The maximum Gasteiger partial charge on any atom is 0.306 e. The Morgan fingerprint density at radius 3 is 1.54 bits per heavy atom. The Morgan fingerprint density at radius 1 is 0.769 bits per heavy atom. The van der Waals surface area contributed by atoms with E-state index >= 15 is 0 Å². The molecule has 2 rings (SSSR count). The van der Waals surface area contributed by atoms with Crippen LogP contribution in [0.3, 0.4) is 0 Å². The molecule has 4 nitrogen and oxygen atoms in total. The van der Waals surface area contributed by atoms with Crippen molar-refractivity contribution in [1.29, 1.82) is 0 Å². The van der Waals surface area contributed by atoms with Crippen LogP contribution in [-0.4, -0.2) is 11.9 Å². The number of esters is 2. The predicted molar refractivity (Wildman–Crippen MR) is 97.0 cm³/mol. The van der Waals surface area contributed by atoms with Gasteiger partial charge in [-0.3, -0.25) is 9.59 Å². The van der Waals surface area contributed by atoms with Crippen molar-refractivity contribution in [3.8, 4) is 0 Å². The quantitative estimate of drug-likeness (QED) is 0.508. The fraction of sp³-hybridized carbons (Fsp3) is 0.222. The number of carbonyl (C=O) groups excluding carboxylic acids is 2. The SMILES string of the molecule is O=C(CCC(=O)OCc1cc(F)ccc1Br)OCc1cc(F)ccc1Br. The average Bonchev–Trinajstić information content (AvgIpc) is 2.61. The van der Waals surface area contributed by atoms with Gasteiger partial charge in [0.15, 0.2) is 0 Å². The molecule has 0 atom stereocenters. The first kappa shape index (κ1) is 20.5. The molecule has 138 valence electrons. The summed E-state index contributed by atoms with van der Waals surface area (Å²) in [5.41, 5.74) is 0.966. The van der Waals surface area contributed by atoms with Gasteiger partial charge in [-0.1, -0.05) is 31.9 Å². The second kappa shape index (κ2) is 9.78. The Kier molecular flexibility index (Phi) is 7.71. The highest BCUT2D eigenvalue weighted by molar-refractivity contribution is 9.10. The lowest BCUT2D eigenvalue weighted by atomic mass is 10.2. The summed E-state index contributed by atoms with van der Waals surface area (Å²) >= 11 is 6.47. The molecule has 0 aromatic heterocycles. The lowest BCUT2D eigenvalue weighted by Crippen LogP contribution is -2.10. The molecule has 2 aromatic rings. The summed E-state index contributed by atoms with van der Waals surface area (Å²) in [5, 5.41) is 0. The molecule has 2 aromatic carbocycles. The van der Waals surface area contributed by atoms with Gasteiger partial charge < -0.3 is 9.47 Å². The van der Waals surface area contributed by atoms with Gasteiger partial charge in [0.2, 0.25) is 0 Å². The van der Waals surface area contributed by atoms with Crippen LogP contribution in [0, 0.1) is 11.6 Å². The van der Waals surface area contributed by atoms with E-state index < -0.39 is 23.6 Å². The minimum atomic E-state index is -0.606. The summed E-state index contributed by atoms with van der Waals surface area (Å²) in [7, 11) is 0. The zero-order valence-corrected chi connectivity index (χ0v) is 16.6. The molecule has 0 fully saturated rings. The molecule has 0 aliphatic heterocycles. The van der Waals surface area contributed by atoms with E-state index in [2.05, 4.69) is 31.9 Å². The Hall–Kier alpha value is -1.80. The number of hydrogen-bond acceptors (Lipinski definition) is 4. The highest BCUT2D eigenvalue weighted by Crippen LogP contribution is 2.20. The Balaban J connectivity index is 1.74. The number of ether oxygens (including phenoxy) is 2. The van der Waals surface area contributed by atoms with Crippen LogP contribution in [0.15, 0.2) is 45.3 Å². The highest BCUT2D eigenvalue weighted by atomic mass is 79.9. The fourth-order valence-electron chi connectivity index (χ4n) is 1.97. The summed E-state index contributed by atoms with van der Waals surface area (Å²) in [6.07, 6.45) is -0.341. The van der Waals surface area contributed by atoms with Crippen LogP contribution in [0.1, 0.15) is 24.0 Å². The van der Waals surface area contributed by atoms with E-state index in [0.29, 0.717) is 20.1 Å². The molecule has 0 bridgehead atoms. The Labute approximate surface area is 165 Å². The molecular weight excluding hydrogens is 478 g/mol. The molecule has 0 saturated carbocycles. The van der Waals surface area contributed by atoms with E-state index in [4.69, 9.17) is 9.47 Å². The Morgan fingerprint density at radius 2 is 1.15 bits per heavy atom. The maximum atomic E-state index is 13.2. The standard InChI is InChI=1S/C18H14Br2F2O4/c19-15-3-1-13(21)7-11(15)9-25-17(23)5-6-18(24)26-10-12-8-14(22)2-4-16(12)20/h1-4,7-8H,5-6,9-10H2. The average molecular weight is 492 g/mol. The minimum Gasteiger partial charge on any atom is -0.461 e. The van der Waals surface area contributed by atoms with Crippen LogP contribution in [0.5, 0.6) is 0 Å². The van der Waals surface area contributed by atoms with E-state index in [9.17, 15) is 18.4 Å². The topological polar surface area (TPSA) is 52.6 Å². The summed E-state index contributed by atoms with van der Waals surface area (Å²) in [6, 6.07) is 8.09. The first-order chi connectivity index (χ1) is 12.3. The smallest absolute Gasteiger partial charge is 0.306 e. The second-order valence-corrected chi connectivity index (χ2v) is 7.00. The van der Waals surface area contributed by atoms with Crippen LogP contribution in [-0.2, 0) is 32.3 Å². The summed E-state index contributed by atoms with van der Waals surface area (Å²) in [4.78, 5) is 23.4. The number of halogens is 4. The van der Waals surface area contributed by atoms with E-state index in [1.54, 1.807) is 0 Å². The third-order valence-corrected chi connectivity index (χ3v) is 4.87. The van der Waals surface area contributed by atoms with Gasteiger partial charge in [-0.15, -0.1) is 0 Å². The molecule has 8 heteroatoms. The fourth-order valence-corrected chi connectivity index (χ4v) is 2.69. The third kappa shape index (κ3) is 6.49. The van der Waals surface area contributed by atoms with Gasteiger partial charge in [-0.05, 0) is 36.4 Å². The largest absolute Gasteiger partial charge is 0.461 e. The molecule has 0 aliphatic rings. The van der Waals surface area contributed by atoms with E-state index in [1.165, 1.54) is 36.4 Å². The lowest BCUT2D eigenvalue weighted by molar-refractivity contribution is -0.151. The normalized spacial score (nSPS) is 10.5. The molecule has 0 amide bonds. The highest BCUT2D eigenvalue weighted by Gasteiger charge is 2.12. The van der Waals surface area contributed by atoms with E-state index in [-0.39, 0.29) is 26.1 Å². The zero-order valence-electron chi connectivity index (χ0n) is 13.4. The van der Waals surface area contributed by atoms with Crippen molar-refractivity contribution in [3.05, 3.63) is 68.1 Å². The van der Waals surface area contributed by atoms with Gasteiger partial charge in [-0.25, -0.2) is 8.78 Å². The van der Waals surface area contributed by atoms with Crippen LogP contribution < -0.4 is 0 Å². The van der Waals surface area contributed by atoms with Gasteiger partial charge in [0.25, 0.3) is 0 Å². The number of hydrogen-bond donors (Lipinski definition) is 0. The van der Waals surface area contributed by atoms with Gasteiger partial charge in [0.1, 0.15) is 24.8 Å². The van der Waals surface area contributed by atoms with Crippen molar-refractivity contribution in [3.63, 3.8) is 0 Å². The van der Waals surface area contributed by atoms with Crippen molar-refractivity contribution in [2.45, 2.75) is 26.1 Å². The molecule has 0 unspecified atom stereocenters. The first-order valence-corrected chi connectivity index (χ1v) is 9.13. The van der Waals surface area contributed by atoms with Crippen LogP contribution in [0.2, 0.25) is 0 Å². The van der Waals surface area contributed by atoms with Crippen molar-refractivity contribution >= 4 is 43.8 Å². The van der Waals surface area contributed by atoms with Crippen LogP contribution in [0.4, 0.5) is 8.78 Å². The van der Waals surface area contributed by atoms with Crippen molar-refractivity contribution in [2.24, 2.45) is 0 Å². The van der Waals surface area contributed by atoms with Gasteiger partial charge in [-0.2, -0.15) is 0 Å². The summed E-state index contributed by atoms with van der Waals surface area (Å²) in [5.74, 6) is -2.09. The molecule has 0 saturated heterocycles. The molecular formula is C18H14Br2F2O4. The van der Waals surface area contributed by atoms with Crippen molar-refractivity contribution < 1.29 is 27.8 Å². The number of carbonyl (C=O) groups is 2. The van der Waals surface area contributed by atoms with Crippen molar-refractivity contribution in [1.82, 2.24) is 0 Å². The summed E-state index contributed by atoms with van der Waals surface area (Å²) < 4.78 is 37.6.